The zero-order valence-electron chi connectivity index (χ0n) is 18.3. The largest absolute Gasteiger partial charge is 0.349 e. The molecule has 2 amide bonds. The molecule has 0 unspecified atom stereocenters. The fraction of sp³-hybridized carbons (Fsp3) is 0.458. The lowest BCUT2D eigenvalue weighted by Gasteiger charge is -2.38. The third-order valence-electron chi connectivity index (χ3n) is 7.23. The van der Waals surface area contributed by atoms with Gasteiger partial charge in [0.25, 0.3) is 12.3 Å². The first-order chi connectivity index (χ1) is 16.3. The van der Waals surface area contributed by atoms with Gasteiger partial charge in [0.1, 0.15) is 16.9 Å². The van der Waals surface area contributed by atoms with Crippen LogP contribution in [0.1, 0.15) is 53.7 Å². The van der Waals surface area contributed by atoms with Crippen molar-refractivity contribution in [1.29, 1.82) is 0 Å². The Bertz CT molecular complexity index is 1130. The number of pyridine rings is 1. The SMILES string of the molecule is O=C(NC1CCC(CN2C(=O)C3(CNC3)c3ccc(F)cc32)CC1)c1cc(Cl)cnc1C(F)F. The number of nitrogens with zero attached hydrogens (tertiary/aromatic N) is 2. The first kappa shape index (κ1) is 23.1. The quantitative estimate of drug-likeness (QED) is 0.662. The van der Waals surface area contributed by atoms with Crippen molar-refractivity contribution >= 4 is 29.1 Å². The van der Waals surface area contributed by atoms with Crippen molar-refractivity contribution in [2.75, 3.05) is 24.5 Å². The van der Waals surface area contributed by atoms with Crippen LogP contribution >= 0.6 is 11.6 Å². The van der Waals surface area contributed by atoms with Crippen molar-refractivity contribution < 1.29 is 22.8 Å². The van der Waals surface area contributed by atoms with Crippen molar-refractivity contribution in [3.8, 4) is 0 Å². The van der Waals surface area contributed by atoms with E-state index in [0.29, 0.717) is 38.2 Å². The Labute approximate surface area is 199 Å². The fourth-order valence-electron chi connectivity index (χ4n) is 5.33. The average Bonchev–Trinajstić information content (AvgIpc) is 3.02. The van der Waals surface area contributed by atoms with E-state index >= 15 is 0 Å². The van der Waals surface area contributed by atoms with E-state index in [1.807, 2.05) is 0 Å². The molecule has 34 heavy (non-hydrogen) atoms. The van der Waals surface area contributed by atoms with Crippen LogP contribution in [0, 0.1) is 11.7 Å². The molecule has 6 nitrogen and oxygen atoms in total. The molecule has 1 saturated heterocycles. The Morgan fingerprint density at radius 3 is 2.62 bits per heavy atom. The molecule has 1 aliphatic carbocycles. The molecule has 1 spiro atoms. The average molecular weight is 493 g/mol. The molecule has 10 heteroatoms. The second-order valence-electron chi connectivity index (χ2n) is 9.34. The molecule has 1 saturated carbocycles. The van der Waals surface area contributed by atoms with Gasteiger partial charge in [-0.25, -0.2) is 13.2 Å². The topological polar surface area (TPSA) is 74.3 Å². The molecule has 1 aromatic carbocycles. The summed E-state index contributed by atoms with van der Waals surface area (Å²) >= 11 is 5.85. The number of carbonyl (C=O) groups excluding carboxylic acids is 2. The molecule has 0 bridgehead atoms. The van der Waals surface area contributed by atoms with E-state index in [4.69, 9.17) is 11.6 Å². The number of amides is 2. The smallest absolute Gasteiger partial charge is 0.281 e. The first-order valence-corrected chi connectivity index (χ1v) is 11.7. The minimum Gasteiger partial charge on any atom is -0.349 e. The van der Waals surface area contributed by atoms with Gasteiger partial charge in [-0.15, -0.1) is 0 Å². The van der Waals surface area contributed by atoms with Gasteiger partial charge in [-0.1, -0.05) is 17.7 Å². The Kier molecular flexibility index (Phi) is 6.02. The van der Waals surface area contributed by atoms with Crippen molar-refractivity contribution in [1.82, 2.24) is 15.6 Å². The van der Waals surface area contributed by atoms with E-state index in [1.54, 1.807) is 11.0 Å². The van der Waals surface area contributed by atoms with E-state index in [0.717, 1.165) is 24.6 Å². The number of carbonyl (C=O) groups is 2. The van der Waals surface area contributed by atoms with Gasteiger partial charge >= 0.3 is 0 Å². The number of anilines is 1. The molecule has 180 valence electrons. The standard InChI is InChI=1S/C24H24ClF3N4O2/c25-14-7-17(20(21(27)28)30-9-14)22(33)31-16-4-1-13(2-5-16)10-32-19-8-15(26)3-6-18(19)24(23(32)34)11-29-12-24/h3,6-9,13,16,21,29H,1-2,4-5,10-12H2,(H,31,33). The molecule has 2 aliphatic heterocycles. The van der Waals surface area contributed by atoms with Crippen LogP contribution in [-0.4, -0.2) is 42.5 Å². The van der Waals surface area contributed by atoms with Gasteiger partial charge in [-0.05, 0) is 55.4 Å². The van der Waals surface area contributed by atoms with Gasteiger partial charge in [-0.3, -0.25) is 14.6 Å². The number of hydrogen-bond acceptors (Lipinski definition) is 4. The third kappa shape index (κ3) is 3.94. The molecular formula is C24H24ClF3N4O2. The lowest BCUT2D eigenvalue weighted by molar-refractivity contribution is -0.125. The van der Waals surface area contributed by atoms with Gasteiger partial charge in [0.15, 0.2) is 0 Å². The molecule has 3 heterocycles. The highest BCUT2D eigenvalue weighted by Crippen LogP contribution is 2.45. The highest BCUT2D eigenvalue weighted by Gasteiger charge is 2.55. The monoisotopic (exact) mass is 492 g/mol. The zero-order valence-corrected chi connectivity index (χ0v) is 19.0. The predicted octanol–water partition coefficient (Wildman–Crippen LogP) is 3.99. The van der Waals surface area contributed by atoms with Gasteiger partial charge in [0, 0.05) is 31.9 Å². The Balaban J connectivity index is 1.22. The van der Waals surface area contributed by atoms with E-state index in [2.05, 4.69) is 15.6 Å². The number of nitrogens with one attached hydrogen (secondary N) is 2. The maximum Gasteiger partial charge on any atom is 0.281 e. The van der Waals surface area contributed by atoms with Crippen LogP contribution in [0.25, 0.3) is 0 Å². The van der Waals surface area contributed by atoms with Crippen LogP contribution in [0.5, 0.6) is 0 Å². The number of benzene rings is 1. The van der Waals surface area contributed by atoms with Gasteiger partial charge in [-0.2, -0.15) is 0 Å². The summed E-state index contributed by atoms with van der Waals surface area (Å²) in [5.41, 5.74) is 0.124. The summed E-state index contributed by atoms with van der Waals surface area (Å²) in [6, 6.07) is 5.59. The van der Waals surface area contributed by atoms with E-state index in [9.17, 15) is 22.8 Å². The second-order valence-corrected chi connectivity index (χ2v) is 9.78. The molecule has 1 aromatic heterocycles. The molecule has 3 aliphatic rings. The second kappa shape index (κ2) is 8.85. The van der Waals surface area contributed by atoms with Gasteiger partial charge in [0.05, 0.1) is 16.3 Å². The third-order valence-corrected chi connectivity index (χ3v) is 7.44. The van der Waals surface area contributed by atoms with Crippen LogP contribution in [0.15, 0.2) is 30.5 Å². The molecular weight excluding hydrogens is 469 g/mol. The predicted molar refractivity (Wildman–Crippen MR) is 121 cm³/mol. The molecule has 0 radical (unpaired) electrons. The maximum absolute atomic E-state index is 14.0. The lowest BCUT2D eigenvalue weighted by atomic mass is 9.76. The number of aromatic nitrogens is 1. The van der Waals surface area contributed by atoms with Crippen LogP contribution in [0.3, 0.4) is 0 Å². The molecule has 5 rings (SSSR count). The summed E-state index contributed by atoms with van der Waals surface area (Å²) in [7, 11) is 0. The summed E-state index contributed by atoms with van der Waals surface area (Å²) in [5, 5.41) is 6.11. The summed E-state index contributed by atoms with van der Waals surface area (Å²) in [5.74, 6) is -0.783. The fourth-order valence-corrected chi connectivity index (χ4v) is 5.49. The van der Waals surface area contributed by atoms with Gasteiger partial charge in [0.2, 0.25) is 5.91 Å². The van der Waals surface area contributed by atoms with E-state index < -0.39 is 23.4 Å². The summed E-state index contributed by atoms with van der Waals surface area (Å²) in [6.45, 7) is 1.60. The van der Waals surface area contributed by atoms with Crippen molar-refractivity contribution in [3.05, 3.63) is 58.1 Å². The van der Waals surface area contributed by atoms with Crippen LogP contribution in [0.4, 0.5) is 18.9 Å². The number of fused-ring (bicyclic) bond motifs is 2. The van der Waals surface area contributed by atoms with Gasteiger partial charge < -0.3 is 15.5 Å². The molecule has 2 aromatic rings. The summed E-state index contributed by atoms with van der Waals surface area (Å²) in [6.07, 6.45) is 1.02. The van der Waals surface area contributed by atoms with Crippen molar-refractivity contribution in [2.45, 2.75) is 43.6 Å². The number of hydrogen-bond donors (Lipinski definition) is 2. The molecule has 2 fully saturated rings. The van der Waals surface area contributed by atoms with Crippen LogP contribution in [-0.2, 0) is 10.2 Å². The summed E-state index contributed by atoms with van der Waals surface area (Å²) < 4.78 is 40.5. The van der Waals surface area contributed by atoms with Crippen LogP contribution in [0.2, 0.25) is 5.02 Å². The van der Waals surface area contributed by atoms with E-state index in [1.165, 1.54) is 18.2 Å². The van der Waals surface area contributed by atoms with Crippen molar-refractivity contribution in [3.63, 3.8) is 0 Å². The van der Waals surface area contributed by atoms with Crippen LogP contribution < -0.4 is 15.5 Å². The zero-order chi connectivity index (χ0) is 24.0. The Morgan fingerprint density at radius 1 is 1.24 bits per heavy atom. The number of rotatable bonds is 5. The van der Waals surface area contributed by atoms with E-state index in [-0.39, 0.29) is 34.3 Å². The molecule has 2 N–H and O–H groups in total. The minimum absolute atomic E-state index is 0.00950. The normalized spacial score (nSPS) is 23.2. The molecule has 0 atom stereocenters. The number of alkyl halides is 2. The minimum atomic E-state index is -2.88. The van der Waals surface area contributed by atoms with Crippen molar-refractivity contribution in [2.24, 2.45) is 5.92 Å². The maximum atomic E-state index is 14.0. The Hall–Kier alpha value is -2.65. The highest BCUT2D eigenvalue weighted by atomic mass is 35.5. The first-order valence-electron chi connectivity index (χ1n) is 11.4. The lowest BCUT2D eigenvalue weighted by Crippen LogP contribution is -2.62. The summed E-state index contributed by atoms with van der Waals surface area (Å²) in [4.78, 5) is 31.2. The Morgan fingerprint density at radius 2 is 1.97 bits per heavy atom. The number of halogens is 4. The highest BCUT2D eigenvalue weighted by molar-refractivity contribution is 6.30.